The Labute approximate surface area is 188 Å². The number of fused-ring (bicyclic) bond motifs is 1. The first-order chi connectivity index (χ1) is 15.9. The first kappa shape index (κ1) is 21.1. The Bertz CT molecular complexity index is 1300. The summed E-state index contributed by atoms with van der Waals surface area (Å²) in [7, 11) is 0. The van der Waals surface area contributed by atoms with E-state index < -0.39 is 17.7 Å². The van der Waals surface area contributed by atoms with Gasteiger partial charge in [-0.15, -0.1) is 0 Å². The van der Waals surface area contributed by atoms with Gasteiger partial charge in [-0.25, -0.2) is 14.6 Å². The first-order valence-electron chi connectivity index (χ1n) is 10.6. The highest BCUT2D eigenvalue weighted by Gasteiger charge is 2.37. The van der Waals surface area contributed by atoms with Gasteiger partial charge in [-0.3, -0.25) is 4.98 Å². The van der Waals surface area contributed by atoms with Crippen molar-refractivity contribution in [2.45, 2.75) is 38.4 Å². The molecule has 0 fully saturated rings. The molecule has 0 saturated carbocycles. The summed E-state index contributed by atoms with van der Waals surface area (Å²) in [4.78, 5) is 13.2. The number of hydrogen-bond acceptors (Lipinski definition) is 4. The van der Waals surface area contributed by atoms with Crippen molar-refractivity contribution in [3.63, 3.8) is 0 Å². The minimum atomic E-state index is -4.41. The Morgan fingerprint density at radius 2 is 1.91 bits per heavy atom. The maximum absolute atomic E-state index is 13.6. The summed E-state index contributed by atoms with van der Waals surface area (Å²) >= 11 is 0. The summed E-state index contributed by atoms with van der Waals surface area (Å²) in [5, 5.41) is 4.51. The summed E-state index contributed by atoms with van der Waals surface area (Å²) in [5.74, 6) is 0.581. The zero-order valence-electron chi connectivity index (χ0n) is 17.9. The quantitative estimate of drug-likeness (QED) is 0.424. The zero-order valence-corrected chi connectivity index (χ0v) is 17.9. The fourth-order valence-corrected chi connectivity index (χ4v) is 4.29. The molecule has 4 heterocycles. The minimum Gasteiger partial charge on any atom is -0.304 e. The van der Waals surface area contributed by atoms with E-state index in [4.69, 9.17) is 0 Å². The maximum Gasteiger partial charge on any atom is 0.416 e. The number of hydrogen-bond donors (Lipinski definition) is 0. The van der Waals surface area contributed by atoms with Gasteiger partial charge in [-0.05, 0) is 55.7 Å². The smallest absolute Gasteiger partial charge is 0.304 e. The number of alkyl halides is 3. The van der Waals surface area contributed by atoms with Crippen molar-refractivity contribution < 1.29 is 13.2 Å². The largest absolute Gasteiger partial charge is 0.416 e. The van der Waals surface area contributed by atoms with E-state index in [1.807, 2.05) is 35.9 Å². The standard InChI is InChI=1S/C24H21F3N6/c1-16-21(32-14-12-28-15-32)10-8-17(29-16)9-11-22-30-23-19(6-4-13-33(23)31-22)18-5-2-3-7-20(18)24(25,26)27/h2-3,5,7-12,14-15,19H,4,6,13H2,1H3/b11-9+/t19-/m0/s1. The molecule has 0 bridgehead atoms. The Morgan fingerprint density at radius 3 is 2.67 bits per heavy atom. The van der Waals surface area contributed by atoms with E-state index in [1.165, 1.54) is 6.07 Å². The topological polar surface area (TPSA) is 61.4 Å². The number of halogens is 3. The molecule has 0 aliphatic carbocycles. The van der Waals surface area contributed by atoms with Gasteiger partial charge in [0.05, 0.1) is 29.0 Å². The summed E-state index contributed by atoms with van der Waals surface area (Å²) in [6.07, 6.45) is 5.77. The molecule has 0 N–H and O–H groups in total. The highest BCUT2D eigenvalue weighted by molar-refractivity contribution is 5.65. The van der Waals surface area contributed by atoms with Crippen LogP contribution < -0.4 is 0 Å². The van der Waals surface area contributed by atoms with Crippen LogP contribution in [-0.4, -0.2) is 29.3 Å². The molecule has 0 amide bonds. The summed E-state index contributed by atoms with van der Waals surface area (Å²) in [6, 6.07) is 9.58. The number of imidazole rings is 1. The van der Waals surface area contributed by atoms with Crippen LogP contribution in [0.4, 0.5) is 13.2 Å². The van der Waals surface area contributed by atoms with Crippen molar-refractivity contribution in [2.75, 3.05) is 0 Å². The molecule has 0 spiro atoms. The number of rotatable bonds is 4. The molecule has 9 heteroatoms. The van der Waals surface area contributed by atoms with Crippen LogP contribution in [-0.2, 0) is 12.7 Å². The fraction of sp³-hybridized carbons (Fsp3) is 0.250. The molecule has 0 radical (unpaired) electrons. The van der Waals surface area contributed by atoms with Gasteiger partial charge < -0.3 is 4.57 Å². The summed E-state index contributed by atoms with van der Waals surface area (Å²) < 4.78 is 44.3. The minimum absolute atomic E-state index is 0.251. The molecule has 0 unspecified atom stereocenters. The SMILES string of the molecule is Cc1nc(/C=C/c2nc3n(n2)CCC[C@H]3c2ccccc2C(F)(F)F)ccc1-n1ccnc1. The number of benzene rings is 1. The predicted molar refractivity (Wildman–Crippen MR) is 118 cm³/mol. The summed E-state index contributed by atoms with van der Waals surface area (Å²) in [5.41, 5.74) is 2.16. The van der Waals surface area contributed by atoms with E-state index in [1.54, 1.807) is 35.4 Å². The monoisotopic (exact) mass is 450 g/mol. The highest BCUT2D eigenvalue weighted by atomic mass is 19.4. The van der Waals surface area contributed by atoms with E-state index in [0.717, 1.165) is 29.6 Å². The third-order valence-corrected chi connectivity index (χ3v) is 5.80. The van der Waals surface area contributed by atoms with Gasteiger partial charge in [0.2, 0.25) is 0 Å². The molecule has 1 aliphatic heterocycles. The molecule has 33 heavy (non-hydrogen) atoms. The third kappa shape index (κ3) is 4.18. The molecule has 5 rings (SSSR count). The molecule has 1 aliphatic rings. The Morgan fingerprint density at radius 1 is 1.06 bits per heavy atom. The normalized spacial score (nSPS) is 16.3. The lowest BCUT2D eigenvalue weighted by Crippen LogP contribution is -2.21. The molecule has 6 nitrogen and oxygen atoms in total. The van der Waals surface area contributed by atoms with Crippen LogP contribution in [0.2, 0.25) is 0 Å². The van der Waals surface area contributed by atoms with Gasteiger partial charge in [0.1, 0.15) is 5.82 Å². The second-order valence-corrected chi connectivity index (χ2v) is 7.98. The molecular formula is C24H21F3N6. The van der Waals surface area contributed by atoms with Crippen LogP contribution in [0.5, 0.6) is 0 Å². The Hall–Kier alpha value is -3.75. The lowest BCUT2D eigenvalue weighted by molar-refractivity contribution is -0.138. The van der Waals surface area contributed by atoms with Crippen molar-refractivity contribution >= 4 is 12.2 Å². The predicted octanol–water partition coefficient (Wildman–Crippen LogP) is 5.28. The first-order valence-corrected chi connectivity index (χ1v) is 10.6. The van der Waals surface area contributed by atoms with E-state index in [2.05, 4.69) is 20.1 Å². The van der Waals surface area contributed by atoms with Crippen molar-refractivity contribution in [1.82, 2.24) is 29.3 Å². The highest BCUT2D eigenvalue weighted by Crippen LogP contribution is 2.40. The van der Waals surface area contributed by atoms with Gasteiger partial charge in [-0.1, -0.05) is 18.2 Å². The van der Waals surface area contributed by atoms with Crippen LogP contribution in [0.3, 0.4) is 0 Å². The van der Waals surface area contributed by atoms with Crippen LogP contribution >= 0.6 is 0 Å². The average molecular weight is 450 g/mol. The molecule has 1 atom stereocenters. The van der Waals surface area contributed by atoms with Crippen LogP contribution in [0.25, 0.3) is 17.8 Å². The molecule has 4 aromatic rings. The van der Waals surface area contributed by atoms with Crippen molar-refractivity contribution in [1.29, 1.82) is 0 Å². The molecule has 168 valence electrons. The Balaban J connectivity index is 1.43. The van der Waals surface area contributed by atoms with Crippen LogP contribution in [0, 0.1) is 6.92 Å². The lowest BCUT2D eigenvalue weighted by Gasteiger charge is -2.25. The van der Waals surface area contributed by atoms with Gasteiger partial charge in [-0.2, -0.15) is 18.3 Å². The average Bonchev–Trinajstić information content (AvgIpc) is 3.47. The molecule has 1 aromatic carbocycles. The lowest BCUT2D eigenvalue weighted by atomic mass is 9.88. The number of pyridine rings is 1. The van der Waals surface area contributed by atoms with E-state index >= 15 is 0 Å². The van der Waals surface area contributed by atoms with Gasteiger partial charge >= 0.3 is 6.18 Å². The van der Waals surface area contributed by atoms with Gasteiger partial charge in [0.15, 0.2) is 5.82 Å². The van der Waals surface area contributed by atoms with Crippen LogP contribution in [0.15, 0.2) is 55.1 Å². The van der Waals surface area contributed by atoms with E-state index in [-0.39, 0.29) is 5.56 Å². The molecule has 3 aromatic heterocycles. The maximum atomic E-state index is 13.6. The van der Waals surface area contributed by atoms with E-state index in [0.29, 0.717) is 24.6 Å². The zero-order chi connectivity index (χ0) is 23.0. The van der Waals surface area contributed by atoms with Gasteiger partial charge in [0, 0.05) is 24.9 Å². The second-order valence-electron chi connectivity index (χ2n) is 7.98. The van der Waals surface area contributed by atoms with Crippen molar-refractivity contribution in [3.05, 3.63) is 89.3 Å². The number of aryl methyl sites for hydroxylation is 2. The fourth-order valence-electron chi connectivity index (χ4n) is 4.29. The summed E-state index contributed by atoms with van der Waals surface area (Å²) in [6.45, 7) is 2.56. The number of aromatic nitrogens is 6. The third-order valence-electron chi connectivity index (χ3n) is 5.80. The molecular weight excluding hydrogens is 429 g/mol. The van der Waals surface area contributed by atoms with E-state index in [9.17, 15) is 13.2 Å². The van der Waals surface area contributed by atoms with Crippen LogP contribution in [0.1, 0.15) is 52.9 Å². The van der Waals surface area contributed by atoms with Crippen molar-refractivity contribution in [2.24, 2.45) is 0 Å². The number of nitrogens with zero attached hydrogens (tertiary/aromatic N) is 6. The Kier molecular flexibility index (Phi) is 5.32. The molecule has 0 saturated heterocycles. The second kappa shape index (κ2) is 8.31. The van der Waals surface area contributed by atoms with Gasteiger partial charge in [0.25, 0.3) is 0 Å². The van der Waals surface area contributed by atoms with Crippen molar-refractivity contribution in [3.8, 4) is 5.69 Å².